The molecule has 2 heterocycles. The van der Waals surface area contributed by atoms with Crippen LogP contribution in [-0.2, 0) is 11.2 Å². The van der Waals surface area contributed by atoms with Crippen LogP contribution in [0.4, 0.5) is 5.00 Å². The molecule has 1 aromatic heterocycles. The van der Waals surface area contributed by atoms with Gasteiger partial charge in [0.1, 0.15) is 5.00 Å². The van der Waals surface area contributed by atoms with Crippen molar-refractivity contribution in [2.75, 3.05) is 16.8 Å². The number of nitrogens with one attached hydrogen (secondary N) is 1. The quantitative estimate of drug-likeness (QED) is 0.873. The van der Waals surface area contributed by atoms with Crippen molar-refractivity contribution in [3.63, 3.8) is 0 Å². The molecule has 0 aliphatic carbocycles. The maximum Gasteiger partial charge on any atom is 0.338 e. The molecule has 1 aliphatic rings. The first-order chi connectivity index (χ1) is 9.60. The fourth-order valence-electron chi connectivity index (χ4n) is 2.26. The third-order valence-corrected chi connectivity index (χ3v) is 5.67. The zero-order chi connectivity index (χ0) is 14.5. The number of rotatable bonds is 5. The molecule has 0 atom stereocenters. The van der Waals surface area contributed by atoms with Crippen LogP contribution in [-0.4, -0.2) is 28.5 Å². The monoisotopic (exact) mass is 313 g/mol. The molecular formula is C14H19NO3S2. The number of thiophene rings is 1. The highest BCUT2D eigenvalue weighted by Crippen LogP contribution is 2.30. The van der Waals surface area contributed by atoms with Crippen molar-refractivity contribution in [2.24, 2.45) is 5.92 Å². The highest BCUT2D eigenvalue weighted by molar-refractivity contribution is 7.99. The highest BCUT2D eigenvalue weighted by Gasteiger charge is 2.20. The summed E-state index contributed by atoms with van der Waals surface area (Å²) in [6.07, 6.45) is 3.43. The normalized spacial score (nSPS) is 16.1. The minimum atomic E-state index is -0.981. The summed E-state index contributed by atoms with van der Waals surface area (Å²) in [6, 6.07) is 1.65. The topological polar surface area (TPSA) is 66.4 Å². The van der Waals surface area contributed by atoms with Gasteiger partial charge >= 0.3 is 5.97 Å². The Labute approximate surface area is 127 Å². The second-order valence-corrected chi connectivity index (χ2v) is 7.28. The summed E-state index contributed by atoms with van der Waals surface area (Å²) >= 11 is 3.30. The number of aryl methyl sites for hydroxylation is 1. The molecule has 110 valence electrons. The van der Waals surface area contributed by atoms with Crippen LogP contribution in [0, 0.1) is 5.92 Å². The Morgan fingerprint density at radius 3 is 2.70 bits per heavy atom. The first-order valence-corrected chi connectivity index (χ1v) is 8.80. The lowest BCUT2D eigenvalue weighted by Crippen LogP contribution is -2.20. The average Bonchev–Trinajstić information content (AvgIpc) is 2.83. The fraction of sp³-hybridized carbons (Fsp3) is 0.571. The minimum absolute atomic E-state index is 0.0612. The summed E-state index contributed by atoms with van der Waals surface area (Å²) < 4.78 is 0. The summed E-state index contributed by atoms with van der Waals surface area (Å²) in [5.74, 6) is 1.64. The largest absolute Gasteiger partial charge is 0.478 e. The van der Waals surface area contributed by atoms with Crippen molar-refractivity contribution in [1.82, 2.24) is 0 Å². The Hall–Kier alpha value is -1.01. The number of hydrogen-bond donors (Lipinski definition) is 2. The van der Waals surface area contributed by atoms with Crippen LogP contribution in [0.5, 0.6) is 0 Å². The lowest BCUT2D eigenvalue weighted by Gasteiger charge is -2.20. The summed E-state index contributed by atoms with van der Waals surface area (Å²) in [5.41, 5.74) is 0.208. The minimum Gasteiger partial charge on any atom is -0.478 e. The molecule has 0 spiro atoms. The molecule has 1 aromatic rings. The van der Waals surface area contributed by atoms with Crippen molar-refractivity contribution < 1.29 is 14.7 Å². The van der Waals surface area contributed by atoms with E-state index in [0.717, 1.165) is 35.6 Å². The van der Waals surface area contributed by atoms with E-state index in [9.17, 15) is 9.59 Å². The van der Waals surface area contributed by atoms with Gasteiger partial charge in [0.15, 0.2) is 0 Å². The number of carbonyl (C=O) groups excluding carboxylic acids is 1. The number of carbonyl (C=O) groups is 2. The third-order valence-electron chi connectivity index (χ3n) is 3.43. The van der Waals surface area contributed by atoms with E-state index in [1.54, 1.807) is 6.07 Å². The molecule has 1 aliphatic heterocycles. The van der Waals surface area contributed by atoms with E-state index >= 15 is 0 Å². The van der Waals surface area contributed by atoms with Gasteiger partial charge in [-0.2, -0.15) is 11.8 Å². The first kappa shape index (κ1) is 15.4. The molecule has 2 N–H and O–H groups in total. The van der Waals surface area contributed by atoms with Crippen LogP contribution in [0.15, 0.2) is 6.07 Å². The second-order valence-electron chi connectivity index (χ2n) is 4.92. The number of aromatic carboxylic acids is 1. The molecule has 0 aromatic carbocycles. The zero-order valence-electron chi connectivity index (χ0n) is 11.5. The summed E-state index contributed by atoms with van der Waals surface area (Å²) in [5, 5.41) is 12.4. The third kappa shape index (κ3) is 3.99. The number of carboxylic acid groups (broad SMARTS) is 1. The van der Waals surface area contributed by atoms with E-state index in [1.807, 2.05) is 18.7 Å². The van der Waals surface area contributed by atoms with E-state index < -0.39 is 5.97 Å². The maximum atomic E-state index is 12.0. The van der Waals surface area contributed by atoms with Crippen LogP contribution in [0.3, 0.4) is 0 Å². The van der Waals surface area contributed by atoms with Gasteiger partial charge in [-0.05, 0) is 42.8 Å². The summed E-state index contributed by atoms with van der Waals surface area (Å²) in [7, 11) is 0. The van der Waals surface area contributed by atoms with Gasteiger partial charge in [0.2, 0.25) is 5.91 Å². The lowest BCUT2D eigenvalue weighted by molar-refractivity contribution is -0.117. The molecular weight excluding hydrogens is 294 g/mol. The first-order valence-electron chi connectivity index (χ1n) is 6.83. The Bertz CT molecular complexity index is 493. The molecule has 4 nitrogen and oxygen atoms in total. The Balaban J connectivity index is 1.99. The van der Waals surface area contributed by atoms with Crippen molar-refractivity contribution >= 4 is 40.0 Å². The van der Waals surface area contributed by atoms with Gasteiger partial charge in [-0.25, -0.2) is 4.79 Å². The molecule has 2 rings (SSSR count). The Kier molecular flexibility index (Phi) is 5.48. The lowest BCUT2D eigenvalue weighted by atomic mass is 9.98. The summed E-state index contributed by atoms with van der Waals surface area (Å²) in [4.78, 5) is 24.2. The van der Waals surface area contributed by atoms with E-state index in [2.05, 4.69) is 5.32 Å². The molecule has 6 heteroatoms. The van der Waals surface area contributed by atoms with Gasteiger partial charge in [-0.3, -0.25) is 4.79 Å². The van der Waals surface area contributed by atoms with Gasteiger partial charge in [0, 0.05) is 11.3 Å². The standard InChI is InChI=1S/C14H19NO3S2/c1-2-10-8-11(14(17)18)13(20-10)15-12(16)7-9-3-5-19-6-4-9/h8-9H,2-7H2,1H3,(H,15,16)(H,17,18). The number of thioether (sulfide) groups is 1. The smallest absolute Gasteiger partial charge is 0.338 e. The van der Waals surface area contributed by atoms with Gasteiger partial charge < -0.3 is 10.4 Å². The van der Waals surface area contributed by atoms with Crippen LogP contribution >= 0.6 is 23.1 Å². The Morgan fingerprint density at radius 2 is 2.10 bits per heavy atom. The van der Waals surface area contributed by atoms with Crippen LogP contribution in [0.25, 0.3) is 0 Å². The predicted molar refractivity (Wildman–Crippen MR) is 84.0 cm³/mol. The second kappa shape index (κ2) is 7.13. The van der Waals surface area contributed by atoms with Crippen LogP contribution in [0.1, 0.15) is 41.4 Å². The van der Waals surface area contributed by atoms with E-state index in [0.29, 0.717) is 17.3 Å². The number of carboxylic acids is 1. The molecule has 1 saturated heterocycles. The average molecular weight is 313 g/mol. The van der Waals surface area contributed by atoms with Crippen molar-refractivity contribution in [1.29, 1.82) is 0 Å². The molecule has 0 bridgehead atoms. The molecule has 0 unspecified atom stereocenters. The van der Waals surface area contributed by atoms with Crippen molar-refractivity contribution in [3.05, 3.63) is 16.5 Å². The zero-order valence-corrected chi connectivity index (χ0v) is 13.1. The van der Waals surface area contributed by atoms with E-state index in [1.165, 1.54) is 11.3 Å². The van der Waals surface area contributed by atoms with Crippen LogP contribution in [0.2, 0.25) is 0 Å². The maximum absolute atomic E-state index is 12.0. The number of amides is 1. The van der Waals surface area contributed by atoms with Gasteiger partial charge in [0.05, 0.1) is 5.56 Å². The SMILES string of the molecule is CCc1cc(C(=O)O)c(NC(=O)CC2CCSCC2)s1. The van der Waals surface area contributed by atoms with Gasteiger partial charge in [0.25, 0.3) is 0 Å². The van der Waals surface area contributed by atoms with Crippen LogP contribution < -0.4 is 5.32 Å². The fourth-order valence-corrected chi connectivity index (χ4v) is 4.47. The van der Waals surface area contributed by atoms with Crippen molar-refractivity contribution in [3.8, 4) is 0 Å². The predicted octanol–water partition coefficient (Wildman–Crippen LogP) is 3.48. The summed E-state index contributed by atoms with van der Waals surface area (Å²) in [6.45, 7) is 1.97. The highest BCUT2D eigenvalue weighted by atomic mass is 32.2. The molecule has 1 fully saturated rings. The Morgan fingerprint density at radius 1 is 1.40 bits per heavy atom. The van der Waals surface area contributed by atoms with Gasteiger partial charge in [-0.15, -0.1) is 11.3 Å². The van der Waals surface area contributed by atoms with E-state index in [-0.39, 0.29) is 11.5 Å². The molecule has 20 heavy (non-hydrogen) atoms. The van der Waals surface area contributed by atoms with E-state index in [4.69, 9.17) is 5.11 Å². The molecule has 1 amide bonds. The van der Waals surface area contributed by atoms with Crippen molar-refractivity contribution in [2.45, 2.75) is 32.6 Å². The number of hydrogen-bond acceptors (Lipinski definition) is 4. The van der Waals surface area contributed by atoms with Gasteiger partial charge in [-0.1, -0.05) is 6.92 Å². The molecule has 0 saturated carbocycles. The number of anilines is 1. The molecule has 0 radical (unpaired) electrons.